The van der Waals surface area contributed by atoms with Crippen LogP contribution in [-0.2, 0) is 11.3 Å². The van der Waals surface area contributed by atoms with Crippen molar-refractivity contribution in [2.75, 3.05) is 40.4 Å². The molecule has 1 aliphatic rings. The summed E-state index contributed by atoms with van der Waals surface area (Å²) in [4.78, 5) is 14.5. The molecule has 0 spiro atoms. The van der Waals surface area contributed by atoms with Crippen LogP contribution in [0, 0.1) is 0 Å². The largest absolute Gasteiger partial charge is 0.493 e. The van der Waals surface area contributed by atoms with Crippen LogP contribution in [0.5, 0.6) is 11.5 Å². The Morgan fingerprint density at radius 2 is 1.95 bits per heavy atom. The lowest BCUT2D eigenvalue weighted by molar-refractivity contribution is -0.126. The minimum Gasteiger partial charge on any atom is -0.493 e. The average Bonchev–Trinajstić information content (AvgIpc) is 2.59. The van der Waals surface area contributed by atoms with Crippen LogP contribution in [0.4, 0.5) is 0 Å². The van der Waals surface area contributed by atoms with E-state index < -0.39 is 0 Å². The highest BCUT2D eigenvalue weighted by molar-refractivity contribution is 5.81. The van der Waals surface area contributed by atoms with Gasteiger partial charge in [-0.15, -0.1) is 0 Å². The van der Waals surface area contributed by atoms with E-state index >= 15 is 0 Å². The number of ether oxygens (including phenoxy) is 2. The summed E-state index contributed by atoms with van der Waals surface area (Å²) < 4.78 is 10.5. The molecule has 1 fully saturated rings. The predicted octanol–water partition coefficient (Wildman–Crippen LogP) is 0.614. The van der Waals surface area contributed by atoms with Gasteiger partial charge in [-0.05, 0) is 24.6 Å². The van der Waals surface area contributed by atoms with Gasteiger partial charge in [0.1, 0.15) is 0 Å². The van der Waals surface area contributed by atoms with E-state index in [9.17, 15) is 4.79 Å². The topological polar surface area (TPSA) is 62.8 Å². The van der Waals surface area contributed by atoms with Crippen molar-refractivity contribution < 1.29 is 14.3 Å². The Labute approximate surface area is 131 Å². The molecule has 0 aliphatic carbocycles. The molecule has 22 heavy (non-hydrogen) atoms. The number of rotatable bonds is 6. The molecule has 1 atom stereocenters. The summed E-state index contributed by atoms with van der Waals surface area (Å²) in [7, 11) is 3.21. The van der Waals surface area contributed by atoms with E-state index in [4.69, 9.17) is 9.47 Å². The molecule has 0 bridgehead atoms. The van der Waals surface area contributed by atoms with E-state index in [1.54, 1.807) is 14.2 Å². The van der Waals surface area contributed by atoms with E-state index in [2.05, 4.69) is 15.5 Å². The van der Waals surface area contributed by atoms with Crippen molar-refractivity contribution in [3.8, 4) is 11.5 Å². The molecule has 0 aromatic heterocycles. The first kappa shape index (κ1) is 16.6. The van der Waals surface area contributed by atoms with Gasteiger partial charge >= 0.3 is 0 Å². The molecule has 1 saturated heterocycles. The standard InChI is InChI=1S/C16H25N3O3/c1-12(19-8-6-17-7-9-19)16(20)18-11-13-4-5-14(21-2)15(10-13)22-3/h4-5,10,12,17H,6-9,11H2,1-3H3,(H,18,20). The fourth-order valence-corrected chi connectivity index (χ4v) is 2.56. The van der Waals surface area contributed by atoms with Gasteiger partial charge in [0.05, 0.1) is 20.3 Å². The smallest absolute Gasteiger partial charge is 0.237 e. The second-order valence-electron chi connectivity index (χ2n) is 5.37. The lowest BCUT2D eigenvalue weighted by atomic mass is 10.2. The summed E-state index contributed by atoms with van der Waals surface area (Å²) in [5.74, 6) is 1.41. The molecule has 122 valence electrons. The first-order valence-electron chi connectivity index (χ1n) is 7.59. The second kappa shape index (κ2) is 8.00. The lowest BCUT2D eigenvalue weighted by Gasteiger charge is -2.31. The fourth-order valence-electron chi connectivity index (χ4n) is 2.56. The van der Waals surface area contributed by atoms with E-state index in [-0.39, 0.29) is 11.9 Å². The average molecular weight is 307 g/mol. The SMILES string of the molecule is COc1ccc(CNC(=O)C(C)N2CCNCC2)cc1OC. The Balaban J connectivity index is 1.90. The molecule has 1 amide bonds. The Morgan fingerprint density at radius 1 is 1.27 bits per heavy atom. The van der Waals surface area contributed by atoms with Crippen LogP contribution in [0.2, 0.25) is 0 Å². The van der Waals surface area contributed by atoms with Gasteiger partial charge in [-0.2, -0.15) is 0 Å². The number of piperazine rings is 1. The third-order valence-corrected chi connectivity index (χ3v) is 3.99. The minimum atomic E-state index is -0.109. The van der Waals surface area contributed by atoms with Crippen LogP contribution < -0.4 is 20.1 Å². The number of nitrogens with one attached hydrogen (secondary N) is 2. The van der Waals surface area contributed by atoms with Crippen LogP contribution in [0.1, 0.15) is 12.5 Å². The molecular formula is C16H25N3O3. The molecule has 6 nitrogen and oxygen atoms in total. The van der Waals surface area contributed by atoms with E-state index in [0.29, 0.717) is 18.0 Å². The van der Waals surface area contributed by atoms with Crippen molar-refractivity contribution in [3.63, 3.8) is 0 Å². The third-order valence-electron chi connectivity index (χ3n) is 3.99. The number of methoxy groups -OCH3 is 2. The first-order valence-corrected chi connectivity index (χ1v) is 7.59. The summed E-state index contributed by atoms with van der Waals surface area (Å²) in [6, 6.07) is 5.55. The van der Waals surface area contributed by atoms with Crippen LogP contribution in [0.25, 0.3) is 0 Å². The Hall–Kier alpha value is -1.79. The highest BCUT2D eigenvalue weighted by Crippen LogP contribution is 2.27. The number of hydrogen-bond donors (Lipinski definition) is 2. The minimum absolute atomic E-state index is 0.0525. The number of nitrogens with zero attached hydrogens (tertiary/aromatic N) is 1. The summed E-state index contributed by atoms with van der Waals surface area (Å²) in [5.41, 5.74) is 0.985. The van der Waals surface area contributed by atoms with Crippen molar-refractivity contribution in [1.29, 1.82) is 0 Å². The molecule has 1 aromatic rings. The molecule has 0 radical (unpaired) electrons. The quantitative estimate of drug-likeness (QED) is 0.806. The van der Waals surface area contributed by atoms with Gasteiger partial charge < -0.3 is 20.1 Å². The fraction of sp³-hybridized carbons (Fsp3) is 0.562. The molecule has 6 heteroatoms. The van der Waals surface area contributed by atoms with Gasteiger partial charge in [0.2, 0.25) is 5.91 Å². The van der Waals surface area contributed by atoms with Gasteiger partial charge in [0.25, 0.3) is 0 Å². The number of amides is 1. The zero-order valence-corrected chi connectivity index (χ0v) is 13.5. The van der Waals surface area contributed by atoms with Crippen LogP contribution in [0.15, 0.2) is 18.2 Å². The Morgan fingerprint density at radius 3 is 2.59 bits per heavy atom. The summed E-state index contributed by atoms with van der Waals surface area (Å²) in [6.07, 6.45) is 0. The summed E-state index contributed by atoms with van der Waals surface area (Å²) in [5, 5.41) is 6.28. The van der Waals surface area contributed by atoms with Crippen LogP contribution >= 0.6 is 0 Å². The van der Waals surface area contributed by atoms with Crippen LogP contribution in [0.3, 0.4) is 0 Å². The monoisotopic (exact) mass is 307 g/mol. The zero-order chi connectivity index (χ0) is 15.9. The summed E-state index contributed by atoms with van der Waals surface area (Å²) >= 11 is 0. The van der Waals surface area contributed by atoms with E-state index in [0.717, 1.165) is 31.7 Å². The van der Waals surface area contributed by atoms with Gasteiger partial charge in [-0.25, -0.2) is 0 Å². The number of benzene rings is 1. The number of hydrogen-bond acceptors (Lipinski definition) is 5. The van der Waals surface area contributed by atoms with Crippen LogP contribution in [-0.4, -0.2) is 57.2 Å². The molecule has 1 aromatic carbocycles. The molecular weight excluding hydrogens is 282 g/mol. The molecule has 0 saturated carbocycles. The number of carbonyl (C=O) groups excluding carboxylic acids is 1. The van der Waals surface area contributed by atoms with Crippen molar-refractivity contribution in [1.82, 2.24) is 15.5 Å². The molecule has 1 heterocycles. The summed E-state index contributed by atoms with van der Waals surface area (Å²) in [6.45, 7) is 6.13. The maximum atomic E-state index is 12.3. The molecule has 2 N–H and O–H groups in total. The molecule has 1 unspecified atom stereocenters. The van der Waals surface area contributed by atoms with Crippen molar-refractivity contribution in [2.45, 2.75) is 19.5 Å². The van der Waals surface area contributed by atoms with Crippen molar-refractivity contribution in [2.24, 2.45) is 0 Å². The normalized spacial score (nSPS) is 16.9. The maximum Gasteiger partial charge on any atom is 0.237 e. The van der Waals surface area contributed by atoms with Gasteiger partial charge in [0, 0.05) is 32.7 Å². The molecule has 1 aliphatic heterocycles. The van der Waals surface area contributed by atoms with E-state index in [1.165, 1.54) is 0 Å². The number of carbonyl (C=O) groups is 1. The van der Waals surface area contributed by atoms with E-state index in [1.807, 2.05) is 25.1 Å². The first-order chi connectivity index (χ1) is 10.7. The lowest BCUT2D eigenvalue weighted by Crippen LogP contribution is -2.52. The zero-order valence-electron chi connectivity index (χ0n) is 13.5. The van der Waals surface area contributed by atoms with Gasteiger partial charge in [-0.1, -0.05) is 6.07 Å². The predicted molar refractivity (Wildman–Crippen MR) is 85.3 cm³/mol. The highest BCUT2D eigenvalue weighted by atomic mass is 16.5. The molecule has 2 rings (SSSR count). The Bertz CT molecular complexity index is 501. The second-order valence-corrected chi connectivity index (χ2v) is 5.37. The van der Waals surface area contributed by atoms with Gasteiger partial charge in [0.15, 0.2) is 11.5 Å². The third kappa shape index (κ3) is 4.11. The Kier molecular flexibility index (Phi) is 6.03. The highest BCUT2D eigenvalue weighted by Gasteiger charge is 2.22. The van der Waals surface area contributed by atoms with Crippen molar-refractivity contribution in [3.05, 3.63) is 23.8 Å². The van der Waals surface area contributed by atoms with Crippen molar-refractivity contribution >= 4 is 5.91 Å². The maximum absolute atomic E-state index is 12.3. The van der Waals surface area contributed by atoms with Gasteiger partial charge in [-0.3, -0.25) is 9.69 Å².